The molecule has 0 aromatic heterocycles. The Hall–Kier alpha value is -1.92. The van der Waals surface area contributed by atoms with Crippen molar-refractivity contribution in [1.82, 2.24) is 5.32 Å². The van der Waals surface area contributed by atoms with Crippen molar-refractivity contribution < 1.29 is 9.66 Å². The molecule has 2 aromatic rings. The van der Waals surface area contributed by atoms with E-state index >= 15 is 0 Å². The fourth-order valence-electron chi connectivity index (χ4n) is 1.98. The van der Waals surface area contributed by atoms with E-state index in [9.17, 15) is 10.1 Å². The summed E-state index contributed by atoms with van der Waals surface area (Å²) in [6, 6.07) is 10.4. The average molecular weight is 351 g/mol. The van der Waals surface area contributed by atoms with Gasteiger partial charge in [0.2, 0.25) is 0 Å². The molecule has 0 bridgehead atoms. The van der Waals surface area contributed by atoms with E-state index in [1.54, 1.807) is 6.07 Å². The van der Waals surface area contributed by atoms with Gasteiger partial charge in [-0.2, -0.15) is 0 Å². The molecule has 0 heterocycles. The van der Waals surface area contributed by atoms with Crippen molar-refractivity contribution >= 4 is 21.6 Å². The van der Waals surface area contributed by atoms with Gasteiger partial charge < -0.3 is 10.1 Å². The zero-order valence-corrected chi connectivity index (χ0v) is 13.3. The molecule has 0 aliphatic heterocycles. The molecular weight excluding hydrogens is 336 g/mol. The Morgan fingerprint density at radius 2 is 2.05 bits per heavy atom. The lowest BCUT2D eigenvalue weighted by atomic mass is 10.1. The second-order valence-corrected chi connectivity index (χ2v) is 5.56. The number of ether oxygens (including phenoxy) is 1. The van der Waals surface area contributed by atoms with Gasteiger partial charge in [0.15, 0.2) is 0 Å². The summed E-state index contributed by atoms with van der Waals surface area (Å²) in [4.78, 5) is 10.4. The Kier molecular flexibility index (Phi) is 4.93. The van der Waals surface area contributed by atoms with Crippen LogP contribution in [0.15, 0.2) is 40.9 Å². The Morgan fingerprint density at radius 1 is 1.29 bits per heavy atom. The van der Waals surface area contributed by atoms with Crippen molar-refractivity contribution in [2.75, 3.05) is 7.05 Å². The topological polar surface area (TPSA) is 64.4 Å². The van der Waals surface area contributed by atoms with Crippen molar-refractivity contribution in [3.8, 4) is 11.5 Å². The summed E-state index contributed by atoms with van der Waals surface area (Å²) in [7, 11) is 1.86. The molecule has 110 valence electrons. The molecule has 0 fully saturated rings. The maximum Gasteiger partial charge on any atom is 0.274 e. The van der Waals surface area contributed by atoms with E-state index < -0.39 is 4.92 Å². The van der Waals surface area contributed by atoms with Crippen LogP contribution >= 0.6 is 15.9 Å². The highest BCUT2D eigenvalue weighted by molar-refractivity contribution is 9.10. The van der Waals surface area contributed by atoms with Gasteiger partial charge in [-0.25, -0.2) is 0 Å². The SMILES string of the molecule is CNCc1cc(C)ccc1Oc1cc(Br)cc([N+](=O)[O-])c1. The molecule has 0 amide bonds. The lowest BCUT2D eigenvalue weighted by molar-refractivity contribution is -0.385. The summed E-state index contributed by atoms with van der Waals surface area (Å²) in [6.45, 7) is 2.67. The molecule has 0 saturated heterocycles. The van der Waals surface area contributed by atoms with Crippen LogP contribution in [0.4, 0.5) is 5.69 Å². The third kappa shape index (κ3) is 4.03. The van der Waals surface area contributed by atoms with Gasteiger partial charge in [0.25, 0.3) is 5.69 Å². The molecule has 0 aliphatic rings. The lowest BCUT2D eigenvalue weighted by Crippen LogP contribution is -2.06. The van der Waals surface area contributed by atoms with Crippen molar-refractivity contribution in [3.63, 3.8) is 0 Å². The monoisotopic (exact) mass is 350 g/mol. The normalized spacial score (nSPS) is 10.4. The van der Waals surface area contributed by atoms with Crippen molar-refractivity contribution in [2.24, 2.45) is 0 Å². The first-order chi connectivity index (χ1) is 9.99. The molecule has 5 nitrogen and oxygen atoms in total. The number of rotatable bonds is 5. The Labute approximate surface area is 131 Å². The van der Waals surface area contributed by atoms with Crippen LogP contribution in [0.2, 0.25) is 0 Å². The number of nitro groups is 1. The van der Waals surface area contributed by atoms with Gasteiger partial charge >= 0.3 is 0 Å². The summed E-state index contributed by atoms with van der Waals surface area (Å²) in [6.07, 6.45) is 0. The number of nitro benzene ring substituents is 1. The van der Waals surface area contributed by atoms with Gasteiger partial charge in [-0.15, -0.1) is 0 Å². The Bertz CT molecular complexity index is 674. The summed E-state index contributed by atoms with van der Waals surface area (Å²) >= 11 is 3.26. The summed E-state index contributed by atoms with van der Waals surface area (Å²) in [5.74, 6) is 1.11. The van der Waals surface area contributed by atoms with Crippen LogP contribution in [0.5, 0.6) is 11.5 Å². The fraction of sp³-hybridized carbons (Fsp3) is 0.200. The minimum atomic E-state index is -0.443. The Balaban J connectivity index is 2.35. The van der Waals surface area contributed by atoms with Crippen molar-refractivity contribution in [1.29, 1.82) is 0 Å². The van der Waals surface area contributed by atoms with Gasteiger partial charge in [0.05, 0.1) is 11.0 Å². The molecule has 2 rings (SSSR count). The van der Waals surface area contributed by atoms with Crippen LogP contribution < -0.4 is 10.1 Å². The molecule has 0 radical (unpaired) electrons. The first kappa shape index (κ1) is 15.5. The number of halogens is 1. The van der Waals surface area contributed by atoms with Crippen LogP contribution in [-0.4, -0.2) is 12.0 Å². The lowest BCUT2D eigenvalue weighted by Gasteiger charge is -2.12. The van der Waals surface area contributed by atoms with E-state index in [1.807, 2.05) is 32.2 Å². The highest BCUT2D eigenvalue weighted by atomic mass is 79.9. The van der Waals surface area contributed by atoms with E-state index in [4.69, 9.17) is 4.74 Å². The second-order valence-electron chi connectivity index (χ2n) is 4.65. The first-order valence-corrected chi connectivity index (χ1v) is 7.16. The molecule has 6 heteroatoms. The van der Waals surface area contributed by atoms with Crippen LogP contribution in [0, 0.1) is 17.0 Å². The number of non-ortho nitro benzene ring substituents is 1. The Morgan fingerprint density at radius 3 is 2.71 bits per heavy atom. The largest absolute Gasteiger partial charge is 0.457 e. The minimum absolute atomic E-state index is 0.0124. The van der Waals surface area contributed by atoms with E-state index in [0.717, 1.165) is 11.1 Å². The number of nitrogens with zero attached hydrogens (tertiary/aromatic N) is 1. The van der Waals surface area contributed by atoms with E-state index in [0.29, 0.717) is 22.5 Å². The van der Waals surface area contributed by atoms with Gasteiger partial charge in [-0.3, -0.25) is 10.1 Å². The maximum atomic E-state index is 10.9. The number of hydrogen-bond acceptors (Lipinski definition) is 4. The summed E-state index contributed by atoms with van der Waals surface area (Å²) < 4.78 is 6.42. The minimum Gasteiger partial charge on any atom is -0.457 e. The molecule has 21 heavy (non-hydrogen) atoms. The van der Waals surface area contributed by atoms with Crippen LogP contribution in [0.1, 0.15) is 11.1 Å². The van der Waals surface area contributed by atoms with E-state index in [2.05, 4.69) is 21.2 Å². The highest BCUT2D eigenvalue weighted by Gasteiger charge is 2.11. The molecule has 0 saturated carbocycles. The van der Waals surface area contributed by atoms with Crippen molar-refractivity contribution in [3.05, 3.63) is 62.1 Å². The smallest absolute Gasteiger partial charge is 0.274 e. The molecule has 0 atom stereocenters. The summed E-state index contributed by atoms with van der Waals surface area (Å²) in [5.41, 5.74) is 2.12. The fourth-order valence-corrected chi connectivity index (χ4v) is 2.44. The van der Waals surface area contributed by atoms with Crippen LogP contribution in [0.25, 0.3) is 0 Å². The van der Waals surface area contributed by atoms with Gasteiger partial charge in [0, 0.05) is 22.6 Å². The summed E-state index contributed by atoms with van der Waals surface area (Å²) in [5, 5.41) is 14.0. The molecular formula is C15H15BrN2O3. The standard InChI is InChI=1S/C15H15BrN2O3/c1-10-3-4-15(11(5-10)9-17-2)21-14-7-12(16)6-13(8-14)18(19)20/h3-8,17H,9H2,1-2H3. The van der Waals surface area contributed by atoms with Gasteiger partial charge in [-0.05, 0) is 26.1 Å². The second kappa shape index (κ2) is 6.69. The number of benzene rings is 2. The molecule has 0 spiro atoms. The van der Waals surface area contributed by atoms with Gasteiger partial charge in [0.1, 0.15) is 11.5 Å². The molecule has 2 aromatic carbocycles. The third-order valence-electron chi connectivity index (χ3n) is 2.88. The zero-order valence-electron chi connectivity index (χ0n) is 11.7. The highest BCUT2D eigenvalue weighted by Crippen LogP contribution is 2.31. The maximum absolute atomic E-state index is 10.9. The predicted molar refractivity (Wildman–Crippen MR) is 84.8 cm³/mol. The molecule has 0 aliphatic carbocycles. The van der Waals surface area contributed by atoms with E-state index in [1.165, 1.54) is 12.1 Å². The van der Waals surface area contributed by atoms with Crippen LogP contribution in [-0.2, 0) is 6.54 Å². The first-order valence-electron chi connectivity index (χ1n) is 6.36. The number of nitrogens with one attached hydrogen (secondary N) is 1. The number of aryl methyl sites for hydroxylation is 1. The van der Waals surface area contributed by atoms with Crippen molar-refractivity contribution in [2.45, 2.75) is 13.5 Å². The molecule has 0 unspecified atom stereocenters. The molecule has 1 N–H and O–H groups in total. The van der Waals surface area contributed by atoms with Crippen LogP contribution in [0.3, 0.4) is 0 Å². The zero-order chi connectivity index (χ0) is 15.4. The van der Waals surface area contributed by atoms with E-state index in [-0.39, 0.29) is 5.69 Å². The van der Waals surface area contributed by atoms with Gasteiger partial charge in [-0.1, -0.05) is 33.6 Å². The number of hydrogen-bond donors (Lipinski definition) is 1. The third-order valence-corrected chi connectivity index (χ3v) is 3.34. The predicted octanol–water partition coefficient (Wildman–Crippen LogP) is 4.18. The average Bonchev–Trinajstić information content (AvgIpc) is 2.41. The quantitative estimate of drug-likeness (QED) is 0.648.